The number of hydrogen-bond acceptors (Lipinski definition) is 7. The van der Waals surface area contributed by atoms with E-state index in [4.69, 9.17) is 0 Å². The summed E-state index contributed by atoms with van der Waals surface area (Å²) in [6.45, 7) is 5.67. The lowest BCUT2D eigenvalue weighted by atomic mass is 9.99. The number of amides is 3. The number of likely N-dealkylation sites (N-methyl/N-ethyl adjacent to an activating group) is 1. The number of nitrogens with zero attached hydrogens (tertiary/aromatic N) is 2. The Labute approximate surface area is 291 Å². The molecule has 3 aromatic carbocycles. The van der Waals surface area contributed by atoms with Gasteiger partial charge >= 0.3 is 0 Å². The molecule has 2 heterocycles. The lowest BCUT2D eigenvalue weighted by Gasteiger charge is -2.29. The highest BCUT2D eigenvalue weighted by Crippen LogP contribution is 2.24. The number of sulfonamides is 1. The van der Waals surface area contributed by atoms with Gasteiger partial charge in [-0.2, -0.15) is 0 Å². The minimum Gasteiger partial charge on any atom is -0.361 e. The second kappa shape index (κ2) is 15.6. The van der Waals surface area contributed by atoms with Crippen molar-refractivity contribution in [2.24, 2.45) is 0 Å². The number of aryl methyl sites for hydroxylation is 2. The number of para-hydroxylation sites is 1. The van der Waals surface area contributed by atoms with Crippen LogP contribution >= 0.6 is 11.5 Å². The Hall–Kier alpha value is -4.81. The topological polar surface area (TPSA) is 141 Å². The Morgan fingerprint density at radius 1 is 0.939 bits per heavy atom. The lowest BCUT2D eigenvalue weighted by Crippen LogP contribution is -2.56. The van der Waals surface area contributed by atoms with E-state index in [0.717, 1.165) is 43.6 Å². The molecule has 2 atom stereocenters. The molecule has 0 saturated heterocycles. The molecule has 0 radical (unpaired) electrons. The minimum atomic E-state index is -3.94. The molecule has 12 heteroatoms. The molecule has 0 saturated carbocycles. The van der Waals surface area contributed by atoms with E-state index < -0.39 is 33.9 Å². The van der Waals surface area contributed by atoms with Gasteiger partial charge in [0.2, 0.25) is 15.9 Å². The van der Waals surface area contributed by atoms with Gasteiger partial charge in [-0.3, -0.25) is 19.1 Å². The number of aromatic amines is 1. The van der Waals surface area contributed by atoms with Gasteiger partial charge in [0, 0.05) is 48.7 Å². The molecule has 0 unspecified atom stereocenters. The van der Waals surface area contributed by atoms with Crippen LogP contribution in [0.4, 0.5) is 0 Å². The highest BCUT2D eigenvalue weighted by molar-refractivity contribution is 7.90. The molecule has 0 aliphatic heterocycles. The van der Waals surface area contributed by atoms with Crippen molar-refractivity contribution in [1.82, 2.24) is 24.3 Å². The standard InChI is InChI=1S/C37H41N5O5S2/c1-5-6-17-49(46,47)41-35(43)32(22-29-23-38-31-10-8-7-9-30(29)31)40-36(44)33(42(4)37(45)28-19-24(2)18-25(3)20-28)21-26-11-13-27(14-12-26)34-15-16-39-48-34/h7-16,18-20,23,32-33,38H,5-6,17,21-22H2,1-4H3,(H,40,44)(H,41,43)/t32-,33-/m0/s1. The van der Waals surface area contributed by atoms with Crippen LogP contribution in [0.25, 0.3) is 21.3 Å². The van der Waals surface area contributed by atoms with Crippen LogP contribution in [0.2, 0.25) is 0 Å². The zero-order valence-electron chi connectivity index (χ0n) is 28.0. The predicted octanol–water partition coefficient (Wildman–Crippen LogP) is 5.57. The van der Waals surface area contributed by atoms with Crippen LogP contribution in [-0.2, 0) is 32.5 Å². The monoisotopic (exact) mass is 699 g/mol. The summed E-state index contributed by atoms with van der Waals surface area (Å²) in [5.41, 5.74) is 5.62. The van der Waals surface area contributed by atoms with E-state index in [-0.39, 0.29) is 24.5 Å². The third-order valence-electron chi connectivity index (χ3n) is 8.42. The average Bonchev–Trinajstić information content (AvgIpc) is 3.76. The number of H-pyrrole nitrogens is 1. The van der Waals surface area contributed by atoms with Gasteiger partial charge in [0.15, 0.2) is 0 Å². The molecule has 3 N–H and O–H groups in total. The molecule has 256 valence electrons. The number of aromatic nitrogens is 2. The molecular formula is C37H41N5O5S2. The summed E-state index contributed by atoms with van der Waals surface area (Å²) < 4.78 is 31.9. The number of fused-ring (bicyclic) bond motifs is 1. The molecular weight excluding hydrogens is 659 g/mol. The van der Waals surface area contributed by atoms with Crippen LogP contribution < -0.4 is 10.0 Å². The molecule has 0 aliphatic rings. The zero-order chi connectivity index (χ0) is 35.1. The van der Waals surface area contributed by atoms with E-state index in [1.54, 1.807) is 31.6 Å². The Balaban J connectivity index is 1.47. The molecule has 10 nitrogen and oxygen atoms in total. The third-order valence-corrected chi connectivity index (χ3v) is 10.6. The number of benzene rings is 3. The molecule has 49 heavy (non-hydrogen) atoms. The van der Waals surface area contributed by atoms with Gasteiger partial charge in [-0.25, -0.2) is 12.8 Å². The van der Waals surface area contributed by atoms with Crippen molar-refractivity contribution < 1.29 is 22.8 Å². The molecule has 2 aromatic heterocycles. The maximum Gasteiger partial charge on any atom is 0.256 e. The number of hydrogen-bond donors (Lipinski definition) is 3. The van der Waals surface area contributed by atoms with Crippen molar-refractivity contribution in [2.45, 2.75) is 58.5 Å². The first-order chi connectivity index (χ1) is 23.4. The van der Waals surface area contributed by atoms with E-state index in [1.165, 1.54) is 16.4 Å². The summed E-state index contributed by atoms with van der Waals surface area (Å²) in [6, 6.07) is 20.4. The maximum atomic E-state index is 14.3. The Morgan fingerprint density at radius 3 is 2.33 bits per heavy atom. The minimum absolute atomic E-state index is 0.0237. The number of carbonyl (C=O) groups excluding carboxylic acids is 3. The van der Waals surface area contributed by atoms with Crippen LogP contribution in [-0.4, -0.2) is 65.3 Å². The lowest BCUT2D eigenvalue weighted by molar-refractivity contribution is -0.130. The SMILES string of the molecule is CCCCS(=O)(=O)NC(=O)[C@H](Cc1c[nH]c2ccccc12)NC(=O)[C@H](Cc1ccc(-c2ccns2)cc1)N(C)C(=O)c1cc(C)cc(C)c1. The van der Waals surface area contributed by atoms with E-state index >= 15 is 0 Å². The summed E-state index contributed by atoms with van der Waals surface area (Å²) in [5, 5.41) is 3.68. The first-order valence-electron chi connectivity index (χ1n) is 16.2. The van der Waals surface area contributed by atoms with Crippen molar-refractivity contribution in [3.05, 3.63) is 113 Å². The molecule has 5 aromatic rings. The smallest absolute Gasteiger partial charge is 0.256 e. The van der Waals surface area contributed by atoms with Gasteiger partial charge in [-0.15, -0.1) is 0 Å². The molecule has 0 fully saturated rings. The fraction of sp³-hybridized carbons (Fsp3) is 0.297. The summed E-state index contributed by atoms with van der Waals surface area (Å²) in [5.74, 6) is -1.99. The van der Waals surface area contributed by atoms with Crippen LogP contribution in [0.15, 0.2) is 85.2 Å². The maximum absolute atomic E-state index is 14.3. The zero-order valence-corrected chi connectivity index (χ0v) is 29.7. The van der Waals surface area contributed by atoms with Gasteiger partial charge in [-0.05, 0) is 72.8 Å². The van der Waals surface area contributed by atoms with Crippen molar-refractivity contribution in [2.75, 3.05) is 12.8 Å². The van der Waals surface area contributed by atoms with Crippen LogP contribution in [0, 0.1) is 13.8 Å². The molecule has 5 rings (SSSR count). The van der Waals surface area contributed by atoms with Gasteiger partial charge in [0.25, 0.3) is 11.8 Å². The number of rotatable bonds is 14. The normalized spacial score (nSPS) is 12.7. The van der Waals surface area contributed by atoms with Gasteiger partial charge in [-0.1, -0.05) is 73.0 Å². The first-order valence-corrected chi connectivity index (χ1v) is 18.6. The van der Waals surface area contributed by atoms with Gasteiger partial charge in [0.05, 0.1) is 10.6 Å². The van der Waals surface area contributed by atoms with E-state index in [2.05, 4.69) is 19.4 Å². The second-order valence-corrected chi connectivity index (χ2v) is 15.0. The highest BCUT2D eigenvalue weighted by Gasteiger charge is 2.33. The van der Waals surface area contributed by atoms with E-state index in [0.29, 0.717) is 18.4 Å². The molecule has 0 bridgehead atoms. The summed E-state index contributed by atoms with van der Waals surface area (Å²) in [4.78, 5) is 47.4. The first kappa shape index (κ1) is 35.5. The Kier molecular flexibility index (Phi) is 11.3. The number of unbranched alkanes of at least 4 members (excludes halogenated alkanes) is 1. The van der Waals surface area contributed by atoms with E-state index in [9.17, 15) is 22.8 Å². The van der Waals surface area contributed by atoms with Crippen molar-refractivity contribution in [1.29, 1.82) is 0 Å². The number of nitrogens with one attached hydrogen (secondary N) is 3. The van der Waals surface area contributed by atoms with Crippen molar-refractivity contribution in [3.8, 4) is 10.4 Å². The van der Waals surface area contributed by atoms with Crippen molar-refractivity contribution >= 4 is 50.2 Å². The van der Waals surface area contributed by atoms with Crippen LogP contribution in [0.5, 0.6) is 0 Å². The van der Waals surface area contributed by atoms with Crippen molar-refractivity contribution in [3.63, 3.8) is 0 Å². The average molecular weight is 700 g/mol. The highest BCUT2D eigenvalue weighted by atomic mass is 32.2. The predicted molar refractivity (Wildman–Crippen MR) is 194 cm³/mol. The molecule has 3 amide bonds. The largest absolute Gasteiger partial charge is 0.361 e. The quantitative estimate of drug-likeness (QED) is 0.139. The van der Waals surface area contributed by atoms with E-state index in [1.807, 2.05) is 81.4 Å². The van der Waals surface area contributed by atoms with Gasteiger partial charge in [0.1, 0.15) is 12.1 Å². The fourth-order valence-corrected chi connectivity index (χ4v) is 7.67. The second-order valence-electron chi connectivity index (χ2n) is 12.3. The van der Waals surface area contributed by atoms with Crippen LogP contribution in [0.1, 0.15) is 52.4 Å². The molecule has 0 spiro atoms. The van der Waals surface area contributed by atoms with Crippen LogP contribution in [0.3, 0.4) is 0 Å². The number of carbonyl (C=O) groups is 3. The summed E-state index contributed by atoms with van der Waals surface area (Å²) in [6.07, 6.45) is 4.68. The summed E-state index contributed by atoms with van der Waals surface area (Å²) >= 11 is 1.38. The Morgan fingerprint density at radius 2 is 1.65 bits per heavy atom. The summed E-state index contributed by atoms with van der Waals surface area (Å²) in [7, 11) is -2.37. The Bertz CT molecular complexity index is 2020. The van der Waals surface area contributed by atoms with Gasteiger partial charge < -0.3 is 15.2 Å². The fourth-order valence-electron chi connectivity index (χ4n) is 5.85. The third kappa shape index (κ3) is 9.01. The molecule has 0 aliphatic carbocycles.